The summed E-state index contributed by atoms with van der Waals surface area (Å²) in [5.74, 6) is -3.36. The van der Waals surface area contributed by atoms with Crippen LogP contribution in [0.4, 0.5) is 13.9 Å². The van der Waals surface area contributed by atoms with E-state index in [4.69, 9.17) is 9.72 Å². The lowest BCUT2D eigenvalue weighted by molar-refractivity contribution is -0.149. The molecule has 2 fully saturated rings. The molecule has 5 rings (SSSR count). The summed E-state index contributed by atoms with van der Waals surface area (Å²) in [5, 5.41) is 24.1. The minimum atomic E-state index is -0.968. The molecule has 206 valence electrons. The number of aromatic nitrogens is 1. The molecule has 1 aliphatic heterocycles. The highest BCUT2D eigenvalue weighted by molar-refractivity contribution is 7.15. The summed E-state index contributed by atoms with van der Waals surface area (Å²) < 4.78 is 33.8. The molecule has 3 aliphatic rings. The number of fused-ring (bicyclic) bond motifs is 2. The second-order valence-corrected chi connectivity index (χ2v) is 12.2. The molecule has 2 amide bonds. The fourth-order valence-corrected chi connectivity index (χ4v) is 7.75. The summed E-state index contributed by atoms with van der Waals surface area (Å²) in [7, 11) is 0. The van der Waals surface area contributed by atoms with Crippen molar-refractivity contribution in [2.45, 2.75) is 51.6 Å². The summed E-state index contributed by atoms with van der Waals surface area (Å²) in [6.45, 7) is 5.77. The average molecular weight is 550 g/mol. The van der Waals surface area contributed by atoms with E-state index in [-0.39, 0.29) is 35.9 Å². The van der Waals surface area contributed by atoms with Gasteiger partial charge in [-0.25, -0.2) is 13.8 Å². The Balaban J connectivity index is 1.51. The van der Waals surface area contributed by atoms with E-state index in [1.807, 2.05) is 6.92 Å². The third-order valence-electron chi connectivity index (χ3n) is 9.05. The van der Waals surface area contributed by atoms with E-state index in [2.05, 4.69) is 12.2 Å². The molecule has 1 saturated heterocycles. The molecule has 3 N–H and O–H groups in total. The van der Waals surface area contributed by atoms with Gasteiger partial charge in [0.15, 0.2) is 5.13 Å². The second kappa shape index (κ2) is 10.3. The van der Waals surface area contributed by atoms with E-state index in [9.17, 15) is 28.6 Å². The molecule has 1 saturated carbocycles. The number of hydrogen-bond acceptors (Lipinski definition) is 7. The van der Waals surface area contributed by atoms with Crippen LogP contribution in [0.2, 0.25) is 0 Å². The highest BCUT2D eigenvalue weighted by Crippen LogP contribution is 2.63. The number of anilines is 1. The molecule has 0 spiro atoms. The maximum absolute atomic E-state index is 14.2. The van der Waals surface area contributed by atoms with Crippen LogP contribution >= 0.6 is 11.3 Å². The van der Waals surface area contributed by atoms with Crippen molar-refractivity contribution in [1.29, 1.82) is 0 Å². The molecule has 8 nitrogen and oxygen atoms in total. The number of halogens is 2. The van der Waals surface area contributed by atoms with Crippen molar-refractivity contribution in [3.63, 3.8) is 0 Å². The Labute approximate surface area is 224 Å². The van der Waals surface area contributed by atoms with Gasteiger partial charge in [0.25, 0.3) is 5.91 Å². The van der Waals surface area contributed by atoms with Gasteiger partial charge in [-0.3, -0.25) is 14.9 Å². The van der Waals surface area contributed by atoms with Gasteiger partial charge in [0.05, 0.1) is 31.6 Å². The summed E-state index contributed by atoms with van der Waals surface area (Å²) in [4.78, 5) is 33.5. The van der Waals surface area contributed by atoms with Gasteiger partial charge in [0.2, 0.25) is 5.91 Å². The SMILES string of the molecule is C[C@]1(CO)[C@H]2Cc3sc(NC(=O)c4c(F)cccc4F)nc3[C@@H](CC(=O)N3CCOCC3)[C@]2(C)CC[C@H]1O. The number of nitrogens with one attached hydrogen (secondary N) is 1. The number of ether oxygens (including phenoxy) is 1. The van der Waals surface area contributed by atoms with Gasteiger partial charge in [0, 0.05) is 35.7 Å². The van der Waals surface area contributed by atoms with Gasteiger partial charge >= 0.3 is 0 Å². The number of nitrogens with zero attached hydrogens (tertiary/aromatic N) is 2. The predicted octanol–water partition coefficient (Wildman–Crippen LogP) is 3.34. The predicted molar refractivity (Wildman–Crippen MR) is 137 cm³/mol. The number of hydrogen-bond donors (Lipinski definition) is 3. The smallest absolute Gasteiger partial charge is 0.263 e. The minimum Gasteiger partial charge on any atom is -0.396 e. The molecule has 0 bridgehead atoms. The largest absolute Gasteiger partial charge is 0.396 e. The van der Waals surface area contributed by atoms with Crippen LogP contribution < -0.4 is 5.32 Å². The Bertz CT molecular complexity index is 1220. The summed E-state index contributed by atoms with van der Waals surface area (Å²) in [5.41, 5.74) is -1.22. The Hall–Kier alpha value is -2.47. The van der Waals surface area contributed by atoms with Crippen molar-refractivity contribution in [2.75, 3.05) is 38.2 Å². The number of carbonyl (C=O) groups is 2. The van der Waals surface area contributed by atoms with Gasteiger partial charge in [0.1, 0.15) is 17.2 Å². The van der Waals surface area contributed by atoms with Crippen LogP contribution in [-0.2, 0) is 16.0 Å². The second-order valence-electron chi connectivity index (χ2n) is 11.1. The molecule has 1 aromatic carbocycles. The van der Waals surface area contributed by atoms with E-state index in [0.717, 1.165) is 17.0 Å². The maximum atomic E-state index is 14.2. The highest BCUT2D eigenvalue weighted by Gasteiger charge is 2.59. The van der Waals surface area contributed by atoms with E-state index in [1.54, 1.807) is 4.90 Å². The lowest BCUT2D eigenvalue weighted by atomic mass is 9.47. The number of morpholine rings is 1. The van der Waals surface area contributed by atoms with Crippen LogP contribution in [0.25, 0.3) is 0 Å². The van der Waals surface area contributed by atoms with Gasteiger partial charge in [-0.1, -0.05) is 19.9 Å². The van der Waals surface area contributed by atoms with Crippen molar-refractivity contribution in [3.05, 3.63) is 46.0 Å². The number of thiazole rings is 1. The first kappa shape index (κ1) is 27.1. The van der Waals surface area contributed by atoms with Crippen LogP contribution in [0.1, 0.15) is 60.0 Å². The Kier molecular flexibility index (Phi) is 7.32. The summed E-state index contributed by atoms with van der Waals surface area (Å²) >= 11 is 1.21. The fourth-order valence-electron chi connectivity index (χ4n) is 6.69. The zero-order valence-electron chi connectivity index (χ0n) is 21.5. The van der Waals surface area contributed by atoms with Crippen molar-refractivity contribution < 1.29 is 33.3 Å². The average Bonchev–Trinajstić information content (AvgIpc) is 3.30. The quantitative estimate of drug-likeness (QED) is 0.528. The third kappa shape index (κ3) is 4.53. The minimum absolute atomic E-state index is 0.0186. The molecule has 11 heteroatoms. The van der Waals surface area contributed by atoms with Gasteiger partial charge in [-0.05, 0) is 42.7 Å². The Morgan fingerprint density at radius 1 is 1.24 bits per heavy atom. The lowest BCUT2D eigenvalue weighted by Crippen LogP contribution is -2.58. The fraction of sp³-hybridized carbons (Fsp3) is 0.593. The first-order valence-corrected chi connectivity index (χ1v) is 13.8. The molecular formula is C27H33F2N3O5S. The zero-order chi connectivity index (χ0) is 27.2. The number of aliphatic hydroxyl groups excluding tert-OH is 2. The van der Waals surface area contributed by atoms with Crippen LogP contribution in [0.3, 0.4) is 0 Å². The highest BCUT2D eigenvalue weighted by atomic mass is 32.1. The standard InChI is InChI=1S/C27H33F2N3O5S/c1-26-7-6-20(34)27(2,14-33)19(26)13-18-23(15(26)12-21(35)32-8-10-37-11-9-32)30-25(38-18)31-24(36)22-16(28)4-3-5-17(22)29/h3-5,15,19-20,33-34H,6-14H2,1-2H3,(H,30,31,36)/t15-,19+,20-,26+,27+/m1/s1. The first-order chi connectivity index (χ1) is 18.1. The molecule has 2 aliphatic carbocycles. The molecule has 5 atom stereocenters. The summed E-state index contributed by atoms with van der Waals surface area (Å²) in [6, 6.07) is 3.23. The van der Waals surface area contributed by atoms with Gasteiger partial charge in [-0.2, -0.15) is 0 Å². The van der Waals surface area contributed by atoms with Gasteiger partial charge in [-0.15, -0.1) is 11.3 Å². The molecule has 0 unspecified atom stereocenters. The lowest BCUT2D eigenvalue weighted by Gasteiger charge is -2.58. The number of benzene rings is 1. The van der Waals surface area contributed by atoms with Crippen LogP contribution in [0.5, 0.6) is 0 Å². The van der Waals surface area contributed by atoms with Crippen molar-refractivity contribution >= 4 is 28.3 Å². The van der Waals surface area contributed by atoms with Crippen molar-refractivity contribution in [3.8, 4) is 0 Å². The van der Waals surface area contributed by atoms with Crippen LogP contribution in [-0.4, -0.2) is 70.9 Å². The van der Waals surface area contributed by atoms with E-state index < -0.39 is 40.0 Å². The Morgan fingerprint density at radius 3 is 2.58 bits per heavy atom. The molecule has 0 radical (unpaired) electrons. The van der Waals surface area contributed by atoms with Crippen molar-refractivity contribution in [1.82, 2.24) is 9.88 Å². The van der Waals surface area contributed by atoms with Crippen LogP contribution in [0, 0.1) is 28.4 Å². The molecule has 2 aromatic rings. The van der Waals surface area contributed by atoms with Crippen LogP contribution in [0.15, 0.2) is 18.2 Å². The Morgan fingerprint density at radius 2 is 1.92 bits per heavy atom. The molecule has 2 heterocycles. The van der Waals surface area contributed by atoms with Gasteiger partial charge < -0.3 is 19.8 Å². The number of aliphatic hydroxyl groups is 2. The van der Waals surface area contributed by atoms with E-state index >= 15 is 0 Å². The zero-order valence-corrected chi connectivity index (χ0v) is 22.3. The number of rotatable bonds is 5. The first-order valence-electron chi connectivity index (χ1n) is 13.0. The topological polar surface area (TPSA) is 112 Å². The van der Waals surface area contributed by atoms with E-state index in [1.165, 1.54) is 17.4 Å². The monoisotopic (exact) mass is 549 g/mol. The molecular weight excluding hydrogens is 516 g/mol. The molecule has 38 heavy (non-hydrogen) atoms. The maximum Gasteiger partial charge on any atom is 0.263 e. The van der Waals surface area contributed by atoms with E-state index in [0.29, 0.717) is 51.3 Å². The number of carbonyl (C=O) groups excluding carboxylic acids is 2. The number of amides is 2. The normalized spacial score (nSPS) is 30.9. The molecule has 1 aromatic heterocycles. The third-order valence-corrected chi connectivity index (χ3v) is 10.1. The van der Waals surface area contributed by atoms with Crippen molar-refractivity contribution in [2.24, 2.45) is 16.7 Å². The summed E-state index contributed by atoms with van der Waals surface area (Å²) in [6.07, 6.45) is 1.13.